The summed E-state index contributed by atoms with van der Waals surface area (Å²) in [5, 5.41) is 6.01. The van der Waals surface area contributed by atoms with Crippen molar-refractivity contribution in [2.45, 2.75) is 26.3 Å². The van der Waals surface area contributed by atoms with E-state index in [-0.39, 0.29) is 24.0 Å². The quantitative estimate of drug-likeness (QED) is 0.713. The number of carbonyl (C=O) groups is 2. The molecule has 0 heterocycles. The van der Waals surface area contributed by atoms with Gasteiger partial charge in [-0.1, -0.05) is 27.5 Å². The van der Waals surface area contributed by atoms with Gasteiger partial charge in [0.15, 0.2) is 6.61 Å². The minimum Gasteiger partial charge on any atom is -0.482 e. The fourth-order valence-corrected chi connectivity index (χ4v) is 2.78. The first-order chi connectivity index (χ1) is 12.1. The van der Waals surface area contributed by atoms with E-state index in [1.165, 1.54) is 0 Å². The zero-order valence-corrected chi connectivity index (χ0v) is 17.1. The first-order valence-corrected chi connectivity index (χ1v) is 9.11. The van der Waals surface area contributed by atoms with Crippen LogP contribution in [0.4, 0.5) is 5.69 Å². The molecule has 0 spiro atoms. The van der Waals surface area contributed by atoms with E-state index in [0.29, 0.717) is 22.0 Å². The van der Waals surface area contributed by atoms with Crippen LogP contribution in [0.3, 0.4) is 0 Å². The van der Waals surface area contributed by atoms with Crippen molar-refractivity contribution in [1.29, 1.82) is 0 Å². The summed E-state index contributed by atoms with van der Waals surface area (Å²) in [5.41, 5.74) is 0.791. The zero-order valence-electron chi connectivity index (χ0n) is 14.7. The molecule has 2 N–H and O–H groups in total. The maximum Gasteiger partial charge on any atom is 0.262 e. The lowest BCUT2D eigenvalue weighted by Crippen LogP contribution is -2.40. The molecule has 2 aromatic rings. The van der Waals surface area contributed by atoms with E-state index in [9.17, 15) is 9.59 Å². The number of carbonyl (C=O) groups excluding carboxylic acids is 2. The molecule has 0 saturated carbocycles. The van der Waals surface area contributed by atoms with Crippen LogP contribution in [0.1, 0.15) is 31.1 Å². The second kappa shape index (κ2) is 8.56. The number of benzene rings is 2. The fraction of sp³-hybridized carbons (Fsp3) is 0.263. The predicted octanol–water partition coefficient (Wildman–Crippen LogP) is 4.65. The van der Waals surface area contributed by atoms with Gasteiger partial charge in [0.1, 0.15) is 5.75 Å². The molecular weight excluding hydrogens is 420 g/mol. The number of rotatable bonds is 5. The summed E-state index contributed by atoms with van der Waals surface area (Å²) < 4.78 is 6.24. The van der Waals surface area contributed by atoms with Crippen molar-refractivity contribution in [2.75, 3.05) is 11.9 Å². The average Bonchev–Trinajstić information content (AvgIpc) is 2.53. The molecule has 2 rings (SSSR count). The number of halogens is 2. The van der Waals surface area contributed by atoms with Crippen molar-refractivity contribution >= 4 is 45.0 Å². The molecule has 2 aromatic carbocycles. The predicted molar refractivity (Wildman–Crippen MR) is 107 cm³/mol. The Morgan fingerprint density at radius 3 is 2.35 bits per heavy atom. The Kier molecular flexibility index (Phi) is 6.67. The fourth-order valence-electron chi connectivity index (χ4n) is 2.05. The number of hydrogen-bond acceptors (Lipinski definition) is 3. The Morgan fingerprint density at radius 1 is 1.12 bits per heavy atom. The second-order valence-electron chi connectivity index (χ2n) is 6.69. The molecule has 0 aliphatic carbocycles. The third-order valence-corrected chi connectivity index (χ3v) is 3.96. The smallest absolute Gasteiger partial charge is 0.262 e. The largest absolute Gasteiger partial charge is 0.482 e. The van der Waals surface area contributed by atoms with Crippen LogP contribution in [-0.2, 0) is 4.79 Å². The van der Waals surface area contributed by atoms with Gasteiger partial charge >= 0.3 is 0 Å². The van der Waals surface area contributed by atoms with Crippen LogP contribution in [0.2, 0.25) is 5.02 Å². The summed E-state index contributed by atoms with van der Waals surface area (Å²) in [5.74, 6) is -0.0568. The van der Waals surface area contributed by atoms with Crippen molar-refractivity contribution in [3.63, 3.8) is 0 Å². The van der Waals surface area contributed by atoms with E-state index >= 15 is 0 Å². The Bertz CT molecular complexity index is 801. The number of nitrogens with one attached hydrogen (secondary N) is 2. The number of hydrogen-bond donors (Lipinski definition) is 2. The van der Waals surface area contributed by atoms with Crippen LogP contribution in [0.5, 0.6) is 5.75 Å². The molecule has 5 nitrogen and oxygen atoms in total. The first-order valence-electron chi connectivity index (χ1n) is 7.94. The van der Waals surface area contributed by atoms with E-state index in [4.69, 9.17) is 16.3 Å². The molecule has 138 valence electrons. The minimum absolute atomic E-state index is 0.163. The van der Waals surface area contributed by atoms with Crippen molar-refractivity contribution in [1.82, 2.24) is 5.32 Å². The number of ether oxygens (including phenoxy) is 1. The zero-order chi connectivity index (χ0) is 19.3. The first kappa shape index (κ1) is 20.3. The highest BCUT2D eigenvalue weighted by Crippen LogP contribution is 2.27. The lowest BCUT2D eigenvalue weighted by Gasteiger charge is -2.20. The Balaban J connectivity index is 1.90. The van der Waals surface area contributed by atoms with E-state index < -0.39 is 0 Å². The van der Waals surface area contributed by atoms with Gasteiger partial charge in [-0.15, -0.1) is 0 Å². The summed E-state index contributed by atoms with van der Waals surface area (Å²) in [6.45, 7) is 5.57. The van der Waals surface area contributed by atoms with E-state index in [1.807, 2.05) is 20.8 Å². The van der Waals surface area contributed by atoms with Gasteiger partial charge in [-0.3, -0.25) is 9.59 Å². The highest BCUT2D eigenvalue weighted by atomic mass is 79.9. The molecular formula is C19H20BrClN2O3. The Hall–Kier alpha value is -2.05. The van der Waals surface area contributed by atoms with Gasteiger partial charge in [-0.2, -0.15) is 0 Å². The maximum atomic E-state index is 12.1. The second-order valence-corrected chi connectivity index (χ2v) is 8.02. The summed E-state index contributed by atoms with van der Waals surface area (Å²) in [6.07, 6.45) is 0. The molecule has 0 atom stereocenters. The van der Waals surface area contributed by atoms with Crippen molar-refractivity contribution in [3.8, 4) is 5.75 Å². The lowest BCUT2D eigenvalue weighted by atomic mass is 10.1. The molecule has 0 radical (unpaired) electrons. The van der Waals surface area contributed by atoms with E-state index in [1.54, 1.807) is 42.5 Å². The van der Waals surface area contributed by atoms with Crippen molar-refractivity contribution in [3.05, 3.63) is 57.5 Å². The van der Waals surface area contributed by atoms with Crippen LogP contribution in [0.15, 0.2) is 46.9 Å². The molecule has 2 amide bonds. The summed E-state index contributed by atoms with van der Waals surface area (Å²) in [7, 11) is 0. The molecule has 0 aromatic heterocycles. The van der Waals surface area contributed by atoms with Crippen molar-refractivity contribution in [2.24, 2.45) is 0 Å². The third-order valence-electron chi connectivity index (χ3n) is 3.17. The highest BCUT2D eigenvalue weighted by molar-refractivity contribution is 9.10. The SMILES string of the molecule is CC(C)(C)NC(=O)c1ccc(NC(=O)COc2ccc(Br)cc2Cl)cc1. The lowest BCUT2D eigenvalue weighted by molar-refractivity contribution is -0.118. The number of anilines is 1. The van der Waals surface area contributed by atoms with Gasteiger partial charge in [-0.25, -0.2) is 0 Å². The van der Waals surface area contributed by atoms with Crippen LogP contribution in [0, 0.1) is 0 Å². The van der Waals surface area contributed by atoms with Crippen LogP contribution in [-0.4, -0.2) is 24.0 Å². The normalized spacial score (nSPS) is 11.0. The summed E-state index contributed by atoms with van der Waals surface area (Å²) in [4.78, 5) is 24.1. The van der Waals surface area contributed by atoms with E-state index in [2.05, 4.69) is 26.6 Å². The summed E-state index contributed by atoms with van der Waals surface area (Å²) >= 11 is 9.35. The Morgan fingerprint density at radius 2 is 1.77 bits per heavy atom. The molecule has 0 unspecified atom stereocenters. The molecule has 0 fully saturated rings. The van der Waals surface area contributed by atoms with Gasteiger partial charge in [0.25, 0.3) is 11.8 Å². The molecule has 0 aliphatic heterocycles. The molecule has 0 bridgehead atoms. The Labute approximate surface area is 166 Å². The van der Waals surface area contributed by atoms with E-state index in [0.717, 1.165) is 4.47 Å². The average molecular weight is 440 g/mol. The maximum absolute atomic E-state index is 12.1. The van der Waals surface area contributed by atoms with Crippen molar-refractivity contribution < 1.29 is 14.3 Å². The molecule has 0 aliphatic rings. The molecule has 7 heteroatoms. The standard InChI is InChI=1S/C19H20BrClN2O3/c1-19(2,3)23-18(25)12-4-7-14(8-5-12)22-17(24)11-26-16-9-6-13(20)10-15(16)21/h4-10H,11H2,1-3H3,(H,22,24)(H,23,25). The number of amides is 2. The van der Waals surface area contributed by atoms with Crippen LogP contribution < -0.4 is 15.4 Å². The van der Waals surface area contributed by atoms with Crippen LogP contribution >= 0.6 is 27.5 Å². The van der Waals surface area contributed by atoms with Gasteiger partial charge in [0.2, 0.25) is 0 Å². The molecule has 26 heavy (non-hydrogen) atoms. The van der Waals surface area contributed by atoms with Gasteiger partial charge in [0, 0.05) is 21.3 Å². The monoisotopic (exact) mass is 438 g/mol. The van der Waals surface area contributed by atoms with Gasteiger partial charge in [0.05, 0.1) is 5.02 Å². The topological polar surface area (TPSA) is 67.4 Å². The minimum atomic E-state index is -0.323. The highest BCUT2D eigenvalue weighted by Gasteiger charge is 2.15. The molecule has 0 saturated heterocycles. The van der Waals surface area contributed by atoms with Crippen LogP contribution in [0.25, 0.3) is 0 Å². The van der Waals surface area contributed by atoms with Gasteiger partial charge in [-0.05, 0) is 63.2 Å². The summed E-state index contributed by atoms with van der Waals surface area (Å²) in [6, 6.07) is 11.8. The third kappa shape index (κ3) is 6.35. The van der Waals surface area contributed by atoms with Gasteiger partial charge < -0.3 is 15.4 Å².